The predicted octanol–water partition coefficient (Wildman–Crippen LogP) is 3.52. The maximum Gasteiger partial charge on any atom is 0.238 e. The number of ether oxygens (including phenoxy) is 2. The Labute approximate surface area is 187 Å². The van der Waals surface area contributed by atoms with Crippen LogP contribution in [0.15, 0.2) is 36.4 Å². The van der Waals surface area contributed by atoms with Crippen molar-refractivity contribution in [2.75, 3.05) is 56.2 Å². The average molecular weight is 441 g/mol. The molecule has 0 unspecified atom stereocenters. The number of hydrogen-bond donors (Lipinski definition) is 1. The van der Waals surface area contributed by atoms with Crippen molar-refractivity contribution in [1.29, 1.82) is 5.26 Å². The molecule has 0 bridgehead atoms. The Hall–Kier alpha value is -2.95. The molecule has 1 fully saturated rings. The van der Waals surface area contributed by atoms with Gasteiger partial charge in [-0.05, 0) is 30.7 Å². The molecule has 2 aromatic rings. The largest absolute Gasteiger partial charge is 0.490 e. The minimum absolute atomic E-state index is 0.108. The molecule has 162 valence electrons. The van der Waals surface area contributed by atoms with E-state index < -0.39 is 0 Å². The summed E-state index contributed by atoms with van der Waals surface area (Å²) >= 11 is 6.35. The second kappa shape index (κ2) is 9.90. The molecule has 1 N–H and O–H groups in total. The van der Waals surface area contributed by atoms with Crippen molar-refractivity contribution in [3.05, 3.63) is 47.0 Å². The monoisotopic (exact) mass is 440 g/mol. The third-order valence-corrected chi connectivity index (χ3v) is 5.74. The van der Waals surface area contributed by atoms with Gasteiger partial charge in [0.05, 0.1) is 42.1 Å². The summed E-state index contributed by atoms with van der Waals surface area (Å²) in [5.41, 5.74) is 2.29. The molecule has 0 saturated carbocycles. The van der Waals surface area contributed by atoms with E-state index in [1.54, 1.807) is 12.1 Å². The highest BCUT2D eigenvalue weighted by Crippen LogP contribution is 2.37. The smallest absolute Gasteiger partial charge is 0.238 e. The van der Waals surface area contributed by atoms with Crippen LogP contribution in [0.5, 0.6) is 11.5 Å². The van der Waals surface area contributed by atoms with Crippen molar-refractivity contribution in [3.8, 4) is 17.6 Å². The molecule has 2 aliphatic heterocycles. The molecular formula is C23H25ClN4O3. The van der Waals surface area contributed by atoms with Gasteiger partial charge in [-0.1, -0.05) is 11.6 Å². The molecule has 2 aliphatic rings. The Morgan fingerprint density at radius 1 is 1.03 bits per heavy atom. The van der Waals surface area contributed by atoms with E-state index in [0.717, 1.165) is 44.7 Å². The second-order valence-corrected chi connectivity index (χ2v) is 8.06. The van der Waals surface area contributed by atoms with Crippen molar-refractivity contribution in [2.45, 2.75) is 12.8 Å². The molecule has 31 heavy (non-hydrogen) atoms. The summed E-state index contributed by atoms with van der Waals surface area (Å²) in [6.45, 7) is 4.82. The van der Waals surface area contributed by atoms with Crippen molar-refractivity contribution >= 4 is 28.9 Å². The van der Waals surface area contributed by atoms with Crippen molar-refractivity contribution in [3.63, 3.8) is 0 Å². The highest BCUT2D eigenvalue weighted by molar-refractivity contribution is 6.34. The fourth-order valence-electron chi connectivity index (χ4n) is 3.81. The maximum atomic E-state index is 12.7. The molecule has 2 aromatic carbocycles. The first-order valence-corrected chi connectivity index (χ1v) is 10.9. The molecule has 0 aliphatic carbocycles. The molecule has 4 rings (SSSR count). The minimum atomic E-state index is -0.108. The Morgan fingerprint density at radius 2 is 1.77 bits per heavy atom. The van der Waals surface area contributed by atoms with E-state index >= 15 is 0 Å². The predicted molar refractivity (Wildman–Crippen MR) is 120 cm³/mol. The van der Waals surface area contributed by atoms with Crippen LogP contribution in [-0.4, -0.2) is 56.7 Å². The van der Waals surface area contributed by atoms with Crippen LogP contribution in [0.25, 0.3) is 0 Å². The molecule has 7 nitrogen and oxygen atoms in total. The Balaban J connectivity index is 1.34. The number of fused-ring (bicyclic) bond motifs is 1. The van der Waals surface area contributed by atoms with Gasteiger partial charge < -0.3 is 19.7 Å². The van der Waals surface area contributed by atoms with Gasteiger partial charge in [0, 0.05) is 50.4 Å². The maximum absolute atomic E-state index is 12.7. The van der Waals surface area contributed by atoms with Gasteiger partial charge >= 0.3 is 0 Å². The Morgan fingerprint density at radius 3 is 2.52 bits per heavy atom. The Bertz CT molecular complexity index is 974. The molecule has 0 spiro atoms. The van der Waals surface area contributed by atoms with E-state index in [9.17, 15) is 4.79 Å². The first-order valence-electron chi connectivity index (χ1n) is 10.5. The van der Waals surface area contributed by atoms with Gasteiger partial charge in [0.1, 0.15) is 0 Å². The molecule has 1 saturated heterocycles. The van der Waals surface area contributed by atoms with E-state index in [1.807, 2.05) is 24.3 Å². The number of benzene rings is 2. The van der Waals surface area contributed by atoms with Crippen LogP contribution in [0.1, 0.15) is 18.4 Å². The van der Waals surface area contributed by atoms with Crippen LogP contribution in [0.2, 0.25) is 5.02 Å². The van der Waals surface area contributed by atoms with E-state index in [-0.39, 0.29) is 5.91 Å². The van der Waals surface area contributed by atoms with Crippen LogP contribution in [-0.2, 0) is 4.79 Å². The summed E-state index contributed by atoms with van der Waals surface area (Å²) in [4.78, 5) is 17.1. The summed E-state index contributed by atoms with van der Waals surface area (Å²) in [6, 6.07) is 13.2. The van der Waals surface area contributed by atoms with Gasteiger partial charge in [-0.15, -0.1) is 0 Å². The second-order valence-electron chi connectivity index (χ2n) is 7.65. The number of carbonyl (C=O) groups is 1. The minimum Gasteiger partial charge on any atom is -0.490 e. The van der Waals surface area contributed by atoms with Gasteiger partial charge in [-0.2, -0.15) is 5.26 Å². The number of nitriles is 1. The summed E-state index contributed by atoms with van der Waals surface area (Å²) in [5.74, 6) is 1.10. The number of carbonyl (C=O) groups excluding carboxylic acids is 1. The number of rotatable bonds is 4. The fraction of sp³-hybridized carbons (Fsp3) is 0.391. The first kappa shape index (κ1) is 21.3. The lowest BCUT2D eigenvalue weighted by molar-refractivity contribution is -0.117. The molecule has 1 amide bonds. The molecule has 0 aromatic heterocycles. The fourth-order valence-corrected chi connectivity index (χ4v) is 4.01. The van der Waals surface area contributed by atoms with Crippen molar-refractivity contribution in [1.82, 2.24) is 4.90 Å². The number of anilines is 2. The molecule has 2 heterocycles. The van der Waals surface area contributed by atoms with Crippen LogP contribution in [0, 0.1) is 11.3 Å². The van der Waals surface area contributed by atoms with Crippen LogP contribution in [0.4, 0.5) is 11.4 Å². The van der Waals surface area contributed by atoms with E-state index in [1.165, 1.54) is 0 Å². The third kappa shape index (κ3) is 5.40. The Kier molecular flexibility index (Phi) is 6.80. The highest BCUT2D eigenvalue weighted by Gasteiger charge is 2.19. The SMILES string of the molecule is N#Cc1ccc(N2CCCN(CC(=O)Nc3cc4c(cc3Cl)OCCCO4)CC2)cc1. The summed E-state index contributed by atoms with van der Waals surface area (Å²) in [6.07, 6.45) is 1.76. The zero-order chi connectivity index (χ0) is 21.6. The van der Waals surface area contributed by atoms with Gasteiger partial charge in [0.25, 0.3) is 0 Å². The highest BCUT2D eigenvalue weighted by atomic mass is 35.5. The zero-order valence-corrected chi connectivity index (χ0v) is 18.0. The lowest BCUT2D eigenvalue weighted by atomic mass is 10.2. The van der Waals surface area contributed by atoms with Gasteiger partial charge in [0.15, 0.2) is 11.5 Å². The summed E-state index contributed by atoms with van der Waals surface area (Å²) in [5, 5.41) is 12.3. The number of nitrogens with one attached hydrogen (secondary N) is 1. The molecule has 0 radical (unpaired) electrons. The van der Waals surface area contributed by atoms with E-state index in [4.69, 9.17) is 26.3 Å². The number of nitrogens with zero attached hydrogens (tertiary/aromatic N) is 3. The normalized spacial score (nSPS) is 16.7. The lowest BCUT2D eigenvalue weighted by Crippen LogP contribution is -2.36. The standard InChI is InChI=1S/C23H25ClN4O3/c24-19-13-21-22(31-12-2-11-30-21)14-20(19)26-23(29)16-27-7-1-8-28(10-9-27)18-5-3-17(15-25)4-6-18/h3-6,13-14H,1-2,7-12,16H2,(H,26,29). The average Bonchev–Trinajstić information content (AvgIpc) is 3.14. The molecule has 8 heteroatoms. The quantitative estimate of drug-likeness (QED) is 0.783. The third-order valence-electron chi connectivity index (χ3n) is 5.43. The van der Waals surface area contributed by atoms with Crippen LogP contribution < -0.4 is 19.7 Å². The van der Waals surface area contributed by atoms with Crippen molar-refractivity contribution < 1.29 is 14.3 Å². The summed E-state index contributed by atoms with van der Waals surface area (Å²) < 4.78 is 11.3. The van der Waals surface area contributed by atoms with Gasteiger partial charge in [0.2, 0.25) is 5.91 Å². The van der Waals surface area contributed by atoms with Gasteiger partial charge in [-0.3, -0.25) is 9.69 Å². The van der Waals surface area contributed by atoms with Crippen LogP contribution >= 0.6 is 11.6 Å². The first-order chi connectivity index (χ1) is 15.1. The topological polar surface area (TPSA) is 77.8 Å². The van der Waals surface area contributed by atoms with Gasteiger partial charge in [-0.25, -0.2) is 0 Å². The van der Waals surface area contributed by atoms with E-state index in [0.29, 0.717) is 47.5 Å². The number of halogens is 1. The van der Waals surface area contributed by atoms with Crippen LogP contribution in [0.3, 0.4) is 0 Å². The summed E-state index contributed by atoms with van der Waals surface area (Å²) in [7, 11) is 0. The lowest BCUT2D eigenvalue weighted by Gasteiger charge is -2.23. The number of amides is 1. The molecular weight excluding hydrogens is 416 g/mol. The zero-order valence-electron chi connectivity index (χ0n) is 17.3. The van der Waals surface area contributed by atoms with E-state index in [2.05, 4.69) is 21.2 Å². The molecule has 0 atom stereocenters. The van der Waals surface area contributed by atoms with Crippen molar-refractivity contribution in [2.24, 2.45) is 0 Å². The number of hydrogen-bond acceptors (Lipinski definition) is 6.